The number of fused-ring (bicyclic) bond motifs is 1. The normalized spacial score (nSPS) is 11.8. The minimum atomic E-state index is -1.15. The quantitative estimate of drug-likeness (QED) is 0.275. The number of nitrogens with one attached hydrogen (secondary N) is 2. The van der Waals surface area contributed by atoms with E-state index in [1.807, 2.05) is 0 Å². The highest BCUT2D eigenvalue weighted by Crippen LogP contribution is 2.18. The van der Waals surface area contributed by atoms with E-state index in [1.165, 1.54) is 6.20 Å². The van der Waals surface area contributed by atoms with Crippen LogP contribution in [0.3, 0.4) is 0 Å². The van der Waals surface area contributed by atoms with Crippen LogP contribution in [0.1, 0.15) is 35.3 Å². The summed E-state index contributed by atoms with van der Waals surface area (Å²) < 4.78 is 0. The monoisotopic (exact) mass is 439 g/mol. The summed E-state index contributed by atoms with van der Waals surface area (Å²) in [5.41, 5.74) is 11.8. The van der Waals surface area contributed by atoms with Crippen LogP contribution in [0, 0.1) is 5.92 Å². The van der Waals surface area contributed by atoms with E-state index in [4.69, 9.17) is 11.5 Å². The first kappa shape index (κ1) is 22.3. The maximum Gasteiger partial charge on any atom is 0.306 e. The number of nitrogens with zero attached hydrogens (tertiary/aromatic N) is 3. The van der Waals surface area contributed by atoms with Crippen LogP contribution < -0.4 is 22.3 Å². The van der Waals surface area contributed by atoms with Crippen LogP contribution in [0.25, 0.3) is 11.2 Å². The molecule has 0 fully saturated rings. The van der Waals surface area contributed by atoms with Crippen molar-refractivity contribution < 1.29 is 19.5 Å². The topological polar surface area (TPSA) is 207 Å². The Labute approximate surface area is 181 Å². The van der Waals surface area contributed by atoms with Gasteiger partial charge in [-0.3, -0.25) is 24.2 Å². The predicted octanol–water partition coefficient (Wildman–Crippen LogP) is 0.446. The maximum absolute atomic E-state index is 12.4. The molecule has 1 unspecified atom stereocenters. The number of aromatic amines is 1. The van der Waals surface area contributed by atoms with Crippen LogP contribution >= 0.6 is 0 Å². The van der Waals surface area contributed by atoms with E-state index >= 15 is 0 Å². The molecule has 12 nitrogen and oxygen atoms in total. The molecule has 3 aromatic rings. The number of ketones is 1. The Bertz CT molecular complexity index is 1220. The predicted molar refractivity (Wildman–Crippen MR) is 115 cm³/mol. The molecule has 0 spiro atoms. The molecule has 1 atom stereocenters. The van der Waals surface area contributed by atoms with Crippen LogP contribution in [0.5, 0.6) is 0 Å². The number of carbonyl (C=O) groups is 3. The number of H-pyrrole nitrogens is 1. The number of carboxylic acid groups (broad SMARTS) is 1. The number of rotatable bonds is 10. The Balaban J connectivity index is 1.62. The lowest BCUT2D eigenvalue weighted by Gasteiger charge is -2.11. The van der Waals surface area contributed by atoms with Gasteiger partial charge in [-0.15, -0.1) is 0 Å². The zero-order valence-corrected chi connectivity index (χ0v) is 16.9. The van der Waals surface area contributed by atoms with E-state index in [0.29, 0.717) is 16.9 Å². The summed E-state index contributed by atoms with van der Waals surface area (Å²) in [4.78, 5) is 61.1. The van der Waals surface area contributed by atoms with Crippen molar-refractivity contribution >= 4 is 40.5 Å². The van der Waals surface area contributed by atoms with Crippen molar-refractivity contribution in [3.63, 3.8) is 0 Å². The molecule has 1 aromatic carbocycles. The first-order valence-corrected chi connectivity index (χ1v) is 9.62. The van der Waals surface area contributed by atoms with Crippen LogP contribution in [-0.4, -0.2) is 42.7 Å². The zero-order valence-electron chi connectivity index (χ0n) is 16.9. The number of amides is 1. The van der Waals surface area contributed by atoms with E-state index in [2.05, 4.69) is 25.3 Å². The average molecular weight is 439 g/mol. The number of nitrogen functional groups attached to an aromatic ring is 1. The van der Waals surface area contributed by atoms with E-state index in [-0.39, 0.29) is 48.7 Å². The summed E-state index contributed by atoms with van der Waals surface area (Å²) in [5.74, 6) is -3.13. The van der Waals surface area contributed by atoms with Crippen molar-refractivity contribution in [2.24, 2.45) is 11.7 Å². The van der Waals surface area contributed by atoms with Gasteiger partial charge >= 0.3 is 5.97 Å². The lowest BCUT2D eigenvalue weighted by atomic mass is 9.94. The zero-order chi connectivity index (χ0) is 23.3. The fraction of sp³-hybridized carbons (Fsp3) is 0.250. The van der Waals surface area contributed by atoms with Gasteiger partial charge in [0, 0.05) is 24.1 Å². The standard InChI is InChI=1S/C20H21N7O5/c21-15(29)6-3-11(19(31)32)7-14(28)10-1-4-12(5-2-10)23-8-13-9-24-17-16(25-13)18(30)27-20(22)26-17/h1-2,4-5,9,11,23H,3,6-8H2,(H2,21,29)(H,31,32)(H3,22,24,26,27,30). The average Bonchev–Trinajstić information content (AvgIpc) is 2.75. The number of nitrogens with two attached hydrogens (primary N) is 2. The second kappa shape index (κ2) is 9.64. The van der Waals surface area contributed by atoms with Crippen LogP contribution in [0.2, 0.25) is 0 Å². The third-order valence-corrected chi connectivity index (χ3v) is 4.69. The number of anilines is 2. The lowest BCUT2D eigenvalue weighted by Crippen LogP contribution is -2.21. The second-order valence-electron chi connectivity index (χ2n) is 7.08. The minimum Gasteiger partial charge on any atom is -0.481 e. The highest BCUT2D eigenvalue weighted by Gasteiger charge is 2.22. The first-order chi connectivity index (χ1) is 15.2. The molecule has 0 aliphatic heterocycles. The maximum atomic E-state index is 12.4. The highest BCUT2D eigenvalue weighted by atomic mass is 16.4. The van der Waals surface area contributed by atoms with Gasteiger partial charge in [-0.05, 0) is 30.7 Å². The van der Waals surface area contributed by atoms with Crippen LogP contribution in [-0.2, 0) is 16.1 Å². The SMILES string of the molecule is NC(=O)CCC(CC(=O)c1ccc(NCc2cnc3nc(N)[nH]c(=O)c3n2)cc1)C(=O)O. The number of primary amides is 1. The highest BCUT2D eigenvalue weighted by molar-refractivity contribution is 5.98. The minimum absolute atomic E-state index is 0.00772. The first-order valence-electron chi connectivity index (χ1n) is 9.62. The lowest BCUT2D eigenvalue weighted by molar-refractivity contribution is -0.142. The third-order valence-electron chi connectivity index (χ3n) is 4.69. The number of aliphatic carboxylic acids is 1. The van der Waals surface area contributed by atoms with Crippen LogP contribution in [0.15, 0.2) is 35.3 Å². The molecule has 2 aromatic heterocycles. The van der Waals surface area contributed by atoms with Crippen molar-refractivity contribution in [2.45, 2.75) is 25.8 Å². The van der Waals surface area contributed by atoms with Gasteiger partial charge in [0.2, 0.25) is 11.9 Å². The molecule has 166 valence electrons. The number of aromatic nitrogens is 4. The Morgan fingerprint density at radius 1 is 1.16 bits per heavy atom. The van der Waals surface area contributed by atoms with Gasteiger partial charge < -0.3 is 21.9 Å². The summed E-state index contributed by atoms with van der Waals surface area (Å²) in [5, 5.41) is 12.3. The van der Waals surface area contributed by atoms with Crippen molar-refractivity contribution in [1.82, 2.24) is 19.9 Å². The Morgan fingerprint density at radius 3 is 2.53 bits per heavy atom. The molecule has 3 rings (SSSR count). The Hall–Kier alpha value is -4.35. The van der Waals surface area contributed by atoms with Gasteiger partial charge in [-0.2, -0.15) is 4.98 Å². The fourth-order valence-electron chi connectivity index (χ4n) is 2.99. The van der Waals surface area contributed by atoms with Crippen molar-refractivity contribution in [1.29, 1.82) is 0 Å². The van der Waals surface area contributed by atoms with Gasteiger partial charge in [0.1, 0.15) is 0 Å². The fourth-order valence-corrected chi connectivity index (χ4v) is 2.99. The van der Waals surface area contributed by atoms with Gasteiger partial charge in [-0.1, -0.05) is 0 Å². The largest absolute Gasteiger partial charge is 0.481 e. The molecule has 1 amide bonds. The van der Waals surface area contributed by atoms with Crippen molar-refractivity contribution in [2.75, 3.05) is 11.1 Å². The molecule has 0 aliphatic carbocycles. The number of carbonyl (C=O) groups excluding carboxylic acids is 2. The van der Waals surface area contributed by atoms with E-state index in [0.717, 1.165) is 0 Å². The number of benzene rings is 1. The van der Waals surface area contributed by atoms with E-state index < -0.39 is 23.4 Å². The van der Waals surface area contributed by atoms with E-state index in [1.54, 1.807) is 24.3 Å². The summed E-state index contributed by atoms with van der Waals surface area (Å²) in [7, 11) is 0. The van der Waals surface area contributed by atoms with Crippen LogP contribution in [0.4, 0.5) is 11.6 Å². The van der Waals surface area contributed by atoms with E-state index in [9.17, 15) is 24.3 Å². The summed E-state index contributed by atoms with van der Waals surface area (Å²) in [6, 6.07) is 6.47. The number of hydrogen-bond donors (Lipinski definition) is 5. The molecule has 2 heterocycles. The second-order valence-corrected chi connectivity index (χ2v) is 7.08. The smallest absolute Gasteiger partial charge is 0.306 e. The number of hydrogen-bond acceptors (Lipinski definition) is 9. The molecular formula is C20H21N7O5. The molecule has 0 bridgehead atoms. The summed E-state index contributed by atoms with van der Waals surface area (Å²) in [6.45, 7) is 0.258. The Kier molecular flexibility index (Phi) is 6.73. The molecule has 0 radical (unpaired) electrons. The molecule has 7 N–H and O–H groups in total. The summed E-state index contributed by atoms with van der Waals surface area (Å²) >= 11 is 0. The molecule has 0 saturated heterocycles. The molecule has 0 aliphatic rings. The molecule has 12 heteroatoms. The number of Topliss-reactive ketones (excluding diaryl/α,β-unsaturated/α-hetero) is 1. The van der Waals surface area contributed by atoms with Gasteiger partial charge in [0.05, 0.1) is 24.4 Å². The molecular weight excluding hydrogens is 418 g/mol. The third kappa shape index (κ3) is 5.62. The van der Waals surface area contributed by atoms with Crippen molar-refractivity contribution in [3.05, 3.63) is 52.1 Å². The number of carboxylic acids is 1. The molecule has 0 saturated carbocycles. The van der Waals surface area contributed by atoms with Gasteiger partial charge in [-0.25, -0.2) is 9.97 Å². The van der Waals surface area contributed by atoms with Gasteiger partial charge in [0.15, 0.2) is 16.9 Å². The Morgan fingerprint density at radius 2 is 1.88 bits per heavy atom. The molecule has 32 heavy (non-hydrogen) atoms. The van der Waals surface area contributed by atoms with Gasteiger partial charge in [0.25, 0.3) is 5.56 Å². The summed E-state index contributed by atoms with van der Waals surface area (Å²) in [6.07, 6.45) is 1.15. The van der Waals surface area contributed by atoms with Crippen molar-refractivity contribution in [3.8, 4) is 0 Å².